The molecular weight excluding hydrogens is 275 g/mol. The Hall–Kier alpha value is -2.11. The van der Waals surface area contributed by atoms with Crippen molar-refractivity contribution in [1.29, 1.82) is 0 Å². The van der Waals surface area contributed by atoms with Crippen LogP contribution in [0, 0.1) is 11.7 Å². The monoisotopic (exact) mass is 296 g/mol. The molecule has 5 nitrogen and oxygen atoms in total. The number of carbonyl (C=O) groups excluding carboxylic acids is 1. The average Bonchev–Trinajstić information content (AvgIpc) is 2.43. The third-order valence-corrected chi connectivity index (χ3v) is 3.35. The number of carbonyl (C=O) groups is 2. The van der Waals surface area contributed by atoms with E-state index in [-0.39, 0.29) is 11.7 Å². The van der Waals surface area contributed by atoms with Gasteiger partial charge in [-0.1, -0.05) is 32.4 Å². The van der Waals surface area contributed by atoms with Crippen LogP contribution in [0.2, 0.25) is 0 Å². The second-order valence-corrected chi connectivity index (χ2v) is 4.98. The van der Waals surface area contributed by atoms with Crippen LogP contribution >= 0.6 is 0 Å². The molecule has 116 valence electrons. The maximum atomic E-state index is 13.0. The summed E-state index contributed by atoms with van der Waals surface area (Å²) < 4.78 is 13.0. The van der Waals surface area contributed by atoms with E-state index in [0.717, 1.165) is 5.56 Å². The zero-order valence-corrected chi connectivity index (χ0v) is 12.2. The molecule has 0 heterocycles. The van der Waals surface area contributed by atoms with Gasteiger partial charge in [0.2, 0.25) is 0 Å². The Morgan fingerprint density at radius 1 is 1.38 bits per heavy atom. The van der Waals surface area contributed by atoms with Crippen LogP contribution in [0.3, 0.4) is 0 Å². The van der Waals surface area contributed by atoms with Crippen molar-refractivity contribution in [2.24, 2.45) is 5.92 Å². The number of carboxylic acid groups (broad SMARTS) is 1. The molecule has 0 aliphatic carbocycles. The lowest BCUT2D eigenvalue weighted by atomic mass is 9.99. The van der Waals surface area contributed by atoms with Gasteiger partial charge in [-0.25, -0.2) is 14.0 Å². The summed E-state index contributed by atoms with van der Waals surface area (Å²) in [4.78, 5) is 22.8. The Kier molecular flexibility index (Phi) is 6.65. The van der Waals surface area contributed by atoms with Crippen molar-refractivity contribution < 1.29 is 19.1 Å². The molecule has 0 saturated heterocycles. The maximum absolute atomic E-state index is 13.0. The van der Waals surface area contributed by atoms with Crippen molar-refractivity contribution in [3.05, 3.63) is 35.6 Å². The first-order valence-electron chi connectivity index (χ1n) is 6.95. The van der Waals surface area contributed by atoms with E-state index in [1.165, 1.54) is 12.1 Å². The second-order valence-electron chi connectivity index (χ2n) is 4.98. The Morgan fingerprint density at radius 2 is 2.10 bits per heavy atom. The molecule has 2 atom stereocenters. The maximum Gasteiger partial charge on any atom is 0.326 e. The van der Waals surface area contributed by atoms with Gasteiger partial charge in [0, 0.05) is 6.54 Å². The van der Waals surface area contributed by atoms with Crippen molar-refractivity contribution in [2.75, 3.05) is 6.54 Å². The van der Waals surface area contributed by atoms with Crippen LogP contribution in [-0.2, 0) is 11.2 Å². The summed E-state index contributed by atoms with van der Waals surface area (Å²) in [5.74, 6) is -1.53. The number of amides is 2. The van der Waals surface area contributed by atoms with Crippen LogP contribution in [0.4, 0.5) is 9.18 Å². The third-order valence-electron chi connectivity index (χ3n) is 3.35. The van der Waals surface area contributed by atoms with E-state index < -0.39 is 18.0 Å². The standard InChI is InChI=1S/C15H21FN2O3/c1-3-10(2)13(14(19)20)18-15(21)17-8-7-11-5-4-6-12(16)9-11/h4-6,9-10,13H,3,7-8H2,1-2H3,(H,19,20)(H2,17,18,21)/t10?,13-/m0/s1. The average molecular weight is 296 g/mol. The predicted octanol–water partition coefficient (Wildman–Crippen LogP) is 2.17. The van der Waals surface area contributed by atoms with Gasteiger partial charge in [-0.05, 0) is 30.0 Å². The number of halogens is 1. The van der Waals surface area contributed by atoms with Gasteiger partial charge in [0.05, 0.1) is 0 Å². The first kappa shape index (κ1) is 16.9. The lowest BCUT2D eigenvalue weighted by Gasteiger charge is -2.20. The van der Waals surface area contributed by atoms with Crippen molar-refractivity contribution in [3.63, 3.8) is 0 Å². The highest BCUT2D eigenvalue weighted by atomic mass is 19.1. The SMILES string of the molecule is CCC(C)[C@H](NC(=O)NCCc1cccc(F)c1)C(=O)O. The van der Waals surface area contributed by atoms with E-state index in [0.29, 0.717) is 19.4 Å². The molecule has 1 aromatic rings. The quantitative estimate of drug-likeness (QED) is 0.721. The minimum Gasteiger partial charge on any atom is -0.480 e. The number of hydrogen-bond acceptors (Lipinski definition) is 2. The lowest BCUT2D eigenvalue weighted by molar-refractivity contribution is -0.140. The summed E-state index contributed by atoms with van der Waals surface area (Å²) >= 11 is 0. The molecule has 3 N–H and O–H groups in total. The van der Waals surface area contributed by atoms with Gasteiger partial charge in [0.15, 0.2) is 0 Å². The highest BCUT2D eigenvalue weighted by Crippen LogP contribution is 2.07. The summed E-state index contributed by atoms with van der Waals surface area (Å²) in [6, 6.07) is 4.69. The summed E-state index contributed by atoms with van der Waals surface area (Å²) in [5.41, 5.74) is 0.770. The van der Waals surface area contributed by atoms with E-state index in [4.69, 9.17) is 5.11 Å². The van der Waals surface area contributed by atoms with Crippen molar-refractivity contribution in [3.8, 4) is 0 Å². The van der Waals surface area contributed by atoms with Gasteiger partial charge in [-0.3, -0.25) is 0 Å². The topological polar surface area (TPSA) is 78.4 Å². The van der Waals surface area contributed by atoms with Crippen LogP contribution in [0.15, 0.2) is 24.3 Å². The van der Waals surface area contributed by atoms with Crippen LogP contribution in [0.25, 0.3) is 0 Å². The molecule has 1 aromatic carbocycles. The first-order valence-corrected chi connectivity index (χ1v) is 6.95. The normalized spacial score (nSPS) is 13.3. The van der Waals surface area contributed by atoms with E-state index >= 15 is 0 Å². The first-order chi connectivity index (χ1) is 9.93. The number of nitrogens with one attached hydrogen (secondary N) is 2. The van der Waals surface area contributed by atoms with E-state index in [1.807, 2.05) is 6.92 Å². The number of rotatable bonds is 7. The van der Waals surface area contributed by atoms with Crippen LogP contribution in [0.1, 0.15) is 25.8 Å². The summed E-state index contributed by atoms with van der Waals surface area (Å²) in [6.45, 7) is 3.94. The molecule has 2 amide bonds. The minimum absolute atomic E-state index is 0.156. The van der Waals surface area contributed by atoms with Crippen molar-refractivity contribution in [2.45, 2.75) is 32.7 Å². The molecular formula is C15H21FN2O3. The zero-order valence-electron chi connectivity index (χ0n) is 12.2. The van der Waals surface area contributed by atoms with Gasteiger partial charge < -0.3 is 15.7 Å². The minimum atomic E-state index is -1.05. The van der Waals surface area contributed by atoms with Crippen molar-refractivity contribution in [1.82, 2.24) is 10.6 Å². The van der Waals surface area contributed by atoms with E-state index in [2.05, 4.69) is 10.6 Å². The smallest absolute Gasteiger partial charge is 0.326 e. The van der Waals surface area contributed by atoms with E-state index in [9.17, 15) is 14.0 Å². The molecule has 0 fully saturated rings. The van der Waals surface area contributed by atoms with Gasteiger partial charge in [-0.15, -0.1) is 0 Å². The Bertz CT molecular complexity index is 494. The second kappa shape index (κ2) is 8.24. The number of carboxylic acids is 1. The molecule has 0 spiro atoms. The third kappa shape index (κ3) is 5.81. The fraction of sp³-hybridized carbons (Fsp3) is 0.467. The highest BCUT2D eigenvalue weighted by molar-refractivity contribution is 5.82. The number of benzene rings is 1. The van der Waals surface area contributed by atoms with Gasteiger partial charge in [0.25, 0.3) is 0 Å². The van der Waals surface area contributed by atoms with Gasteiger partial charge in [0.1, 0.15) is 11.9 Å². The molecule has 0 saturated carbocycles. The fourth-order valence-corrected chi connectivity index (χ4v) is 1.89. The summed E-state index contributed by atoms with van der Waals surface area (Å²) in [6.07, 6.45) is 1.13. The summed E-state index contributed by atoms with van der Waals surface area (Å²) in [5, 5.41) is 14.1. The largest absolute Gasteiger partial charge is 0.480 e. The molecule has 0 bridgehead atoms. The molecule has 21 heavy (non-hydrogen) atoms. The number of urea groups is 1. The molecule has 0 aromatic heterocycles. The van der Waals surface area contributed by atoms with Gasteiger partial charge in [-0.2, -0.15) is 0 Å². The van der Waals surface area contributed by atoms with Crippen LogP contribution in [-0.4, -0.2) is 29.7 Å². The molecule has 0 aliphatic rings. The summed E-state index contributed by atoms with van der Waals surface area (Å²) in [7, 11) is 0. The molecule has 6 heteroatoms. The van der Waals surface area contributed by atoms with E-state index in [1.54, 1.807) is 19.1 Å². The molecule has 1 unspecified atom stereocenters. The van der Waals surface area contributed by atoms with Crippen LogP contribution < -0.4 is 10.6 Å². The predicted molar refractivity (Wildman–Crippen MR) is 77.5 cm³/mol. The van der Waals surface area contributed by atoms with Crippen molar-refractivity contribution >= 4 is 12.0 Å². The zero-order chi connectivity index (χ0) is 15.8. The lowest BCUT2D eigenvalue weighted by Crippen LogP contribution is -2.49. The molecule has 1 rings (SSSR count). The van der Waals surface area contributed by atoms with Gasteiger partial charge >= 0.3 is 12.0 Å². The fourth-order valence-electron chi connectivity index (χ4n) is 1.89. The van der Waals surface area contributed by atoms with Crippen LogP contribution in [0.5, 0.6) is 0 Å². The Labute approximate surface area is 123 Å². The number of aliphatic carboxylic acids is 1. The Balaban J connectivity index is 2.41. The Morgan fingerprint density at radius 3 is 2.67 bits per heavy atom. The highest BCUT2D eigenvalue weighted by Gasteiger charge is 2.24. The number of hydrogen-bond donors (Lipinski definition) is 3. The molecule has 0 aliphatic heterocycles. The molecule has 0 radical (unpaired) electrons.